The summed E-state index contributed by atoms with van der Waals surface area (Å²) in [5.41, 5.74) is 7.79. The van der Waals surface area contributed by atoms with Crippen molar-refractivity contribution in [2.75, 3.05) is 5.88 Å². The summed E-state index contributed by atoms with van der Waals surface area (Å²) in [6.07, 6.45) is 5.85. The van der Waals surface area contributed by atoms with Crippen molar-refractivity contribution in [2.24, 2.45) is 5.73 Å². The summed E-state index contributed by atoms with van der Waals surface area (Å²) < 4.78 is 27.8. The molecule has 0 saturated carbocycles. The minimum absolute atomic E-state index is 0.260. The molecular formula is C30H25N9O4S. The van der Waals surface area contributed by atoms with E-state index in [1.54, 1.807) is 74.8 Å². The molecule has 14 heteroatoms. The predicted octanol–water partition coefficient (Wildman–Crippen LogP) is 1.92. The zero-order valence-electron chi connectivity index (χ0n) is 23.5. The maximum atomic E-state index is 14.2. The topological polar surface area (TPSA) is 172 Å². The molecule has 2 aromatic carbocycles. The van der Waals surface area contributed by atoms with Gasteiger partial charge in [0.1, 0.15) is 17.3 Å². The van der Waals surface area contributed by atoms with Crippen LogP contribution in [-0.4, -0.2) is 53.5 Å². The molecular weight excluding hydrogens is 582 g/mol. The van der Waals surface area contributed by atoms with Gasteiger partial charge in [0.25, 0.3) is 21.5 Å². The standard InChI is InChI=1S/C30H25N9O4S/c1-19-25(28-32-14-7-15-37(28)36-19)29(40)34-20(2)27-35-24-11-6-8-22(13-12-21-16-33-38(17-21)44(42,43)18-31)26(24)30(41)39(27)23-9-4-3-5-10-23/h3-11,14-17,20H,18,31H2,1-2H3,(H,34,40). The van der Waals surface area contributed by atoms with Gasteiger partial charge in [-0.05, 0) is 44.2 Å². The highest BCUT2D eigenvalue weighted by atomic mass is 32.2. The second-order valence-corrected chi connectivity index (χ2v) is 11.7. The molecule has 0 radical (unpaired) electrons. The largest absolute Gasteiger partial charge is 0.342 e. The van der Waals surface area contributed by atoms with Crippen molar-refractivity contribution in [1.29, 1.82) is 0 Å². The second kappa shape index (κ2) is 11.2. The number of hydrogen-bond acceptors (Lipinski definition) is 9. The molecule has 1 amide bonds. The van der Waals surface area contributed by atoms with Crippen LogP contribution in [0.3, 0.4) is 0 Å². The van der Waals surface area contributed by atoms with Gasteiger partial charge in [0.15, 0.2) is 5.65 Å². The van der Waals surface area contributed by atoms with E-state index in [1.807, 2.05) is 6.07 Å². The lowest BCUT2D eigenvalue weighted by atomic mass is 10.1. The van der Waals surface area contributed by atoms with Crippen LogP contribution in [-0.2, 0) is 10.0 Å². The van der Waals surface area contributed by atoms with Crippen LogP contribution in [0.5, 0.6) is 0 Å². The summed E-state index contributed by atoms with van der Waals surface area (Å²) in [6.45, 7) is 3.48. The number of benzene rings is 2. The highest BCUT2D eigenvalue weighted by Crippen LogP contribution is 2.21. The normalized spacial score (nSPS) is 12.2. The highest BCUT2D eigenvalue weighted by Gasteiger charge is 2.24. The Labute approximate surface area is 251 Å². The van der Waals surface area contributed by atoms with Gasteiger partial charge >= 0.3 is 0 Å². The molecule has 6 rings (SSSR count). The van der Waals surface area contributed by atoms with Crippen LogP contribution in [0, 0.1) is 18.8 Å². The quantitative estimate of drug-likeness (QED) is 0.268. The van der Waals surface area contributed by atoms with E-state index < -0.39 is 33.4 Å². The molecule has 0 aliphatic rings. The Morgan fingerprint density at radius 1 is 1.09 bits per heavy atom. The molecule has 0 aliphatic carbocycles. The first kappa shape index (κ1) is 28.5. The van der Waals surface area contributed by atoms with E-state index in [0.29, 0.717) is 45.1 Å². The number of nitrogens with two attached hydrogens (primary N) is 1. The maximum Gasteiger partial charge on any atom is 0.267 e. The molecule has 1 unspecified atom stereocenters. The molecule has 13 nitrogen and oxygen atoms in total. The van der Waals surface area contributed by atoms with Crippen molar-refractivity contribution in [3.8, 4) is 17.5 Å². The van der Waals surface area contributed by atoms with Crippen LogP contribution in [0.25, 0.3) is 22.2 Å². The maximum absolute atomic E-state index is 14.2. The molecule has 0 bridgehead atoms. The Bertz CT molecular complexity index is 2300. The third-order valence-corrected chi connectivity index (χ3v) is 8.06. The fourth-order valence-corrected chi connectivity index (χ4v) is 5.42. The second-order valence-electron chi connectivity index (χ2n) is 9.82. The molecule has 0 aliphatic heterocycles. The van der Waals surface area contributed by atoms with Crippen molar-refractivity contribution < 1.29 is 13.2 Å². The predicted molar refractivity (Wildman–Crippen MR) is 163 cm³/mol. The van der Waals surface area contributed by atoms with Crippen LogP contribution >= 0.6 is 0 Å². The summed E-state index contributed by atoms with van der Waals surface area (Å²) in [7, 11) is -3.77. The number of nitrogens with zero attached hydrogens (tertiary/aromatic N) is 7. The van der Waals surface area contributed by atoms with Gasteiger partial charge in [-0.15, -0.1) is 0 Å². The van der Waals surface area contributed by atoms with Crippen molar-refractivity contribution in [3.05, 3.63) is 118 Å². The molecule has 44 heavy (non-hydrogen) atoms. The highest BCUT2D eigenvalue weighted by molar-refractivity contribution is 7.89. The van der Waals surface area contributed by atoms with Gasteiger partial charge in [0.2, 0.25) is 0 Å². The number of fused-ring (bicyclic) bond motifs is 2. The third-order valence-electron chi connectivity index (χ3n) is 6.87. The summed E-state index contributed by atoms with van der Waals surface area (Å²) in [4.78, 5) is 36.8. The molecule has 220 valence electrons. The van der Waals surface area contributed by atoms with Crippen LogP contribution in [0.15, 0.2) is 84.2 Å². The number of carbonyl (C=O) groups is 1. The summed E-state index contributed by atoms with van der Waals surface area (Å²) in [5, 5.41) is 11.4. The zero-order chi connectivity index (χ0) is 31.0. The fraction of sp³-hybridized carbons (Fsp3) is 0.133. The Balaban J connectivity index is 1.45. The molecule has 4 aromatic heterocycles. The lowest BCUT2D eigenvalue weighted by Crippen LogP contribution is -2.33. The molecule has 0 spiro atoms. The van der Waals surface area contributed by atoms with Crippen molar-refractivity contribution in [2.45, 2.75) is 19.9 Å². The molecule has 1 atom stereocenters. The first-order chi connectivity index (χ1) is 21.2. The van der Waals surface area contributed by atoms with Crippen LogP contribution < -0.4 is 16.6 Å². The van der Waals surface area contributed by atoms with E-state index in [0.717, 1.165) is 4.09 Å². The van der Waals surface area contributed by atoms with Crippen molar-refractivity contribution in [3.63, 3.8) is 0 Å². The number of aryl methyl sites for hydroxylation is 1. The smallest absolute Gasteiger partial charge is 0.267 e. The first-order valence-electron chi connectivity index (χ1n) is 13.4. The number of carbonyl (C=O) groups excluding carboxylic acids is 1. The first-order valence-corrected chi connectivity index (χ1v) is 15.0. The molecule has 3 N–H and O–H groups in total. The number of rotatable bonds is 6. The number of para-hydroxylation sites is 1. The Kier molecular flexibility index (Phi) is 7.25. The Morgan fingerprint density at radius 2 is 1.89 bits per heavy atom. The fourth-order valence-electron chi connectivity index (χ4n) is 4.80. The van der Waals surface area contributed by atoms with Gasteiger partial charge < -0.3 is 11.1 Å². The summed E-state index contributed by atoms with van der Waals surface area (Å²) >= 11 is 0. The van der Waals surface area contributed by atoms with Crippen LogP contribution in [0.1, 0.15) is 46.0 Å². The minimum atomic E-state index is -3.77. The van der Waals surface area contributed by atoms with Crippen molar-refractivity contribution >= 4 is 32.5 Å². The van der Waals surface area contributed by atoms with Gasteiger partial charge in [0.05, 0.1) is 46.3 Å². The van der Waals surface area contributed by atoms with E-state index in [1.165, 1.54) is 21.5 Å². The van der Waals surface area contributed by atoms with E-state index in [4.69, 9.17) is 10.7 Å². The summed E-state index contributed by atoms with van der Waals surface area (Å²) in [6, 6.07) is 15.1. The van der Waals surface area contributed by atoms with Gasteiger partial charge in [-0.25, -0.2) is 22.9 Å². The van der Waals surface area contributed by atoms with Gasteiger partial charge in [-0.3, -0.25) is 14.2 Å². The van der Waals surface area contributed by atoms with E-state index in [-0.39, 0.29) is 5.39 Å². The van der Waals surface area contributed by atoms with Crippen LogP contribution in [0.4, 0.5) is 0 Å². The molecule has 4 heterocycles. The van der Waals surface area contributed by atoms with E-state index >= 15 is 0 Å². The Hall–Kier alpha value is -5.65. The number of aromatic nitrogens is 7. The number of nitrogens with one attached hydrogen (secondary N) is 1. The zero-order valence-corrected chi connectivity index (χ0v) is 24.4. The SMILES string of the molecule is Cc1nn2cccnc2c1C(=O)NC(C)c1nc2cccc(C#Cc3cnn(S(=O)(=O)CN)c3)c2c(=O)n1-c1ccccc1. The number of hydrogen-bond donors (Lipinski definition) is 2. The monoisotopic (exact) mass is 607 g/mol. The lowest BCUT2D eigenvalue weighted by Gasteiger charge is -2.20. The van der Waals surface area contributed by atoms with Gasteiger partial charge in [-0.2, -0.15) is 14.3 Å². The number of amides is 1. The Morgan fingerprint density at radius 3 is 2.66 bits per heavy atom. The molecule has 0 fully saturated rings. The van der Waals surface area contributed by atoms with E-state index in [9.17, 15) is 18.0 Å². The molecule has 0 saturated heterocycles. The third kappa shape index (κ3) is 5.10. The van der Waals surface area contributed by atoms with Gasteiger partial charge in [0, 0.05) is 18.0 Å². The van der Waals surface area contributed by atoms with Crippen molar-refractivity contribution in [1.82, 2.24) is 38.7 Å². The average molecular weight is 608 g/mol. The minimum Gasteiger partial charge on any atom is -0.342 e. The van der Waals surface area contributed by atoms with Gasteiger partial charge in [-0.1, -0.05) is 36.1 Å². The van der Waals surface area contributed by atoms with Crippen LogP contribution in [0.2, 0.25) is 0 Å². The lowest BCUT2D eigenvalue weighted by molar-refractivity contribution is 0.0938. The van der Waals surface area contributed by atoms with E-state index in [2.05, 4.69) is 32.3 Å². The molecule has 6 aromatic rings. The summed E-state index contributed by atoms with van der Waals surface area (Å²) in [5.74, 6) is 5.13. The average Bonchev–Trinajstić information content (AvgIpc) is 3.64.